The molecule has 12 heavy (non-hydrogen) atoms. The Morgan fingerprint density at radius 3 is 2.58 bits per heavy atom. The first-order valence-electron chi connectivity index (χ1n) is 4.99. The fourth-order valence-corrected chi connectivity index (χ4v) is 1.97. The molecule has 0 nitrogen and oxygen atoms in total. The van der Waals surface area contributed by atoms with E-state index >= 15 is 0 Å². The molecule has 0 atom stereocenters. The van der Waals surface area contributed by atoms with Crippen LogP contribution in [0.1, 0.15) is 43.2 Å². The Hall–Kier alpha value is -0.780. The summed E-state index contributed by atoms with van der Waals surface area (Å²) in [5, 5.41) is 0. The maximum Gasteiger partial charge on any atom is -0.0159 e. The van der Waals surface area contributed by atoms with E-state index in [0.29, 0.717) is 0 Å². The third-order valence-corrected chi connectivity index (χ3v) is 2.98. The first kappa shape index (κ1) is 7.85. The summed E-state index contributed by atoms with van der Waals surface area (Å²) in [6.07, 6.45) is 5.45. The first-order chi connectivity index (χ1) is 5.92. The van der Waals surface area contributed by atoms with Crippen molar-refractivity contribution in [1.82, 2.24) is 0 Å². The van der Waals surface area contributed by atoms with Crippen LogP contribution in [-0.4, -0.2) is 0 Å². The zero-order valence-electron chi connectivity index (χ0n) is 7.72. The molecule has 0 aliphatic heterocycles. The van der Waals surface area contributed by atoms with Crippen LogP contribution in [0.25, 0.3) is 0 Å². The molecular weight excluding hydrogens is 144 g/mol. The molecule has 0 unspecified atom stereocenters. The Morgan fingerprint density at radius 2 is 2.00 bits per heavy atom. The molecule has 2 rings (SSSR count). The van der Waals surface area contributed by atoms with Crippen LogP contribution in [0.15, 0.2) is 24.3 Å². The van der Waals surface area contributed by atoms with Gasteiger partial charge in [-0.2, -0.15) is 0 Å². The quantitative estimate of drug-likeness (QED) is 0.621. The minimum absolute atomic E-state index is 0.890. The lowest BCUT2D eigenvalue weighted by Crippen LogP contribution is -2.10. The molecule has 0 radical (unpaired) electrons. The van der Waals surface area contributed by atoms with Crippen LogP contribution in [0.5, 0.6) is 0 Å². The highest BCUT2D eigenvalue weighted by molar-refractivity contribution is 5.31. The van der Waals surface area contributed by atoms with Crippen LogP contribution >= 0.6 is 0 Å². The molecule has 0 amide bonds. The Morgan fingerprint density at radius 1 is 1.25 bits per heavy atom. The van der Waals surface area contributed by atoms with Gasteiger partial charge < -0.3 is 0 Å². The summed E-state index contributed by atoms with van der Waals surface area (Å²) in [6, 6.07) is 8.91. The first-order valence-corrected chi connectivity index (χ1v) is 4.99. The van der Waals surface area contributed by atoms with E-state index in [1.807, 2.05) is 0 Å². The molecule has 0 aromatic heterocycles. The average molecular weight is 160 g/mol. The van der Waals surface area contributed by atoms with E-state index in [4.69, 9.17) is 0 Å². The highest BCUT2D eigenvalue weighted by atomic mass is 14.3. The van der Waals surface area contributed by atoms with E-state index in [1.165, 1.54) is 25.7 Å². The van der Waals surface area contributed by atoms with Gasteiger partial charge in [0.2, 0.25) is 0 Å². The molecule has 1 fully saturated rings. The topological polar surface area (TPSA) is 0 Å². The Kier molecular flexibility index (Phi) is 2.16. The molecule has 1 aliphatic carbocycles. The van der Waals surface area contributed by atoms with Crippen LogP contribution in [0.2, 0.25) is 0 Å². The van der Waals surface area contributed by atoms with Gasteiger partial charge in [0.05, 0.1) is 0 Å². The van der Waals surface area contributed by atoms with Crippen molar-refractivity contribution in [3.05, 3.63) is 35.4 Å². The molecule has 0 heteroatoms. The predicted molar refractivity (Wildman–Crippen MR) is 52.4 cm³/mol. The standard InChI is InChI=1S/C12H16/c1-2-10-6-3-4-9-12(10)11-7-5-8-11/h3-4,6,9,11H,2,5,7-8H2,1H3. The summed E-state index contributed by atoms with van der Waals surface area (Å²) >= 11 is 0. The van der Waals surface area contributed by atoms with E-state index in [1.54, 1.807) is 11.1 Å². The molecule has 1 aromatic rings. The van der Waals surface area contributed by atoms with Crippen LogP contribution in [0.3, 0.4) is 0 Å². The highest BCUT2D eigenvalue weighted by Gasteiger charge is 2.20. The van der Waals surface area contributed by atoms with Gasteiger partial charge in [0.25, 0.3) is 0 Å². The number of aryl methyl sites for hydroxylation is 1. The van der Waals surface area contributed by atoms with Crippen LogP contribution < -0.4 is 0 Å². The SMILES string of the molecule is CCc1ccccc1C1CCC1. The summed E-state index contributed by atoms with van der Waals surface area (Å²) in [5.74, 6) is 0.890. The zero-order valence-corrected chi connectivity index (χ0v) is 7.72. The van der Waals surface area contributed by atoms with Gasteiger partial charge in [-0.25, -0.2) is 0 Å². The minimum Gasteiger partial charge on any atom is -0.0620 e. The second-order valence-corrected chi connectivity index (χ2v) is 3.68. The molecule has 0 bridgehead atoms. The van der Waals surface area contributed by atoms with Gasteiger partial charge >= 0.3 is 0 Å². The van der Waals surface area contributed by atoms with Gasteiger partial charge in [-0.15, -0.1) is 0 Å². The lowest BCUT2D eigenvalue weighted by atomic mass is 9.78. The van der Waals surface area contributed by atoms with Crippen molar-refractivity contribution in [2.24, 2.45) is 0 Å². The average Bonchev–Trinajstić information content (AvgIpc) is 2.02. The van der Waals surface area contributed by atoms with Crippen molar-refractivity contribution in [2.75, 3.05) is 0 Å². The van der Waals surface area contributed by atoms with E-state index in [-0.39, 0.29) is 0 Å². The Labute approximate surface area is 74.6 Å². The summed E-state index contributed by atoms with van der Waals surface area (Å²) in [4.78, 5) is 0. The molecule has 0 N–H and O–H groups in total. The fraction of sp³-hybridized carbons (Fsp3) is 0.500. The zero-order chi connectivity index (χ0) is 8.39. The van der Waals surface area contributed by atoms with Crippen molar-refractivity contribution in [1.29, 1.82) is 0 Å². The largest absolute Gasteiger partial charge is 0.0620 e. The van der Waals surface area contributed by atoms with Gasteiger partial charge in [-0.05, 0) is 36.3 Å². The lowest BCUT2D eigenvalue weighted by molar-refractivity contribution is 0.417. The fourth-order valence-electron chi connectivity index (χ4n) is 1.97. The van der Waals surface area contributed by atoms with Gasteiger partial charge in [0.1, 0.15) is 0 Å². The maximum atomic E-state index is 2.31. The van der Waals surface area contributed by atoms with Gasteiger partial charge in [0, 0.05) is 0 Å². The number of hydrogen-bond acceptors (Lipinski definition) is 0. The van der Waals surface area contributed by atoms with Crippen LogP contribution in [-0.2, 0) is 6.42 Å². The second-order valence-electron chi connectivity index (χ2n) is 3.68. The summed E-state index contributed by atoms with van der Waals surface area (Å²) in [7, 11) is 0. The Bertz CT molecular complexity index is 258. The predicted octanol–water partition coefficient (Wildman–Crippen LogP) is 3.52. The van der Waals surface area contributed by atoms with Crippen LogP contribution in [0.4, 0.5) is 0 Å². The monoisotopic (exact) mass is 160 g/mol. The third-order valence-electron chi connectivity index (χ3n) is 2.98. The number of rotatable bonds is 2. The summed E-state index contributed by atoms with van der Waals surface area (Å²) in [6.45, 7) is 2.25. The van der Waals surface area contributed by atoms with Crippen molar-refractivity contribution in [3.8, 4) is 0 Å². The van der Waals surface area contributed by atoms with Crippen molar-refractivity contribution in [3.63, 3.8) is 0 Å². The number of benzene rings is 1. The smallest absolute Gasteiger partial charge is 0.0159 e. The van der Waals surface area contributed by atoms with E-state index in [2.05, 4.69) is 31.2 Å². The van der Waals surface area contributed by atoms with Gasteiger partial charge in [-0.1, -0.05) is 37.6 Å². The molecular formula is C12H16. The molecule has 64 valence electrons. The maximum absolute atomic E-state index is 2.31. The molecule has 1 aliphatic rings. The van der Waals surface area contributed by atoms with Gasteiger partial charge in [0.15, 0.2) is 0 Å². The van der Waals surface area contributed by atoms with Crippen molar-refractivity contribution in [2.45, 2.75) is 38.5 Å². The molecule has 1 saturated carbocycles. The van der Waals surface area contributed by atoms with Crippen LogP contribution in [0, 0.1) is 0 Å². The lowest BCUT2D eigenvalue weighted by Gasteiger charge is -2.27. The van der Waals surface area contributed by atoms with Crippen molar-refractivity contribution < 1.29 is 0 Å². The minimum atomic E-state index is 0.890. The number of hydrogen-bond donors (Lipinski definition) is 0. The van der Waals surface area contributed by atoms with E-state index < -0.39 is 0 Å². The molecule has 0 spiro atoms. The normalized spacial score (nSPS) is 17.4. The Balaban J connectivity index is 2.27. The third kappa shape index (κ3) is 1.26. The molecule has 0 heterocycles. The summed E-state index contributed by atoms with van der Waals surface area (Å²) < 4.78 is 0. The molecule has 0 saturated heterocycles. The van der Waals surface area contributed by atoms with E-state index in [9.17, 15) is 0 Å². The van der Waals surface area contributed by atoms with Crippen molar-refractivity contribution >= 4 is 0 Å². The van der Waals surface area contributed by atoms with Gasteiger partial charge in [-0.3, -0.25) is 0 Å². The second kappa shape index (κ2) is 3.30. The summed E-state index contributed by atoms with van der Waals surface area (Å²) in [5.41, 5.74) is 3.17. The highest BCUT2D eigenvalue weighted by Crippen LogP contribution is 2.37. The molecule has 1 aromatic carbocycles. The van der Waals surface area contributed by atoms with E-state index in [0.717, 1.165) is 5.92 Å².